The Bertz CT molecular complexity index is 547. The molecule has 0 radical (unpaired) electrons. The molecule has 0 bridgehead atoms. The maximum absolute atomic E-state index is 13.1. The predicted octanol–water partition coefficient (Wildman–Crippen LogP) is 3.31. The zero-order chi connectivity index (χ0) is 13.8. The van der Waals surface area contributed by atoms with Crippen molar-refractivity contribution in [2.45, 2.75) is 33.0 Å². The number of halogens is 2. The fourth-order valence-corrected chi connectivity index (χ4v) is 1.86. The van der Waals surface area contributed by atoms with Gasteiger partial charge in [0.2, 0.25) is 0 Å². The van der Waals surface area contributed by atoms with Crippen LogP contribution in [0.15, 0.2) is 36.7 Å². The second-order valence-corrected chi connectivity index (χ2v) is 4.98. The number of hydrogen-bond donors (Lipinski definition) is 1. The van der Waals surface area contributed by atoms with E-state index in [2.05, 4.69) is 19.2 Å². The van der Waals surface area contributed by atoms with Crippen molar-refractivity contribution in [1.29, 1.82) is 0 Å². The van der Waals surface area contributed by atoms with Crippen molar-refractivity contribution in [3.8, 4) is 0 Å². The average molecular weight is 264 g/mol. The van der Waals surface area contributed by atoms with Crippen LogP contribution >= 0.6 is 0 Å². The van der Waals surface area contributed by atoms with Crippen LogP contribution in [0.4, 0.5) is 8.78 Å². The first-order chi connectivity index (χ1) is 9.04. The molecule has 0 aliphatic carbocycles. The molecule has 1 heterocycles. The van der Waals surface area contributed by atoms with Crippen LogP contribution in [0.5, 0.6) is 0 Å². The fraction of sp³-hybridized carbons (Fsp3) is 0.333. The summed E-state index contributed by atoms with van der Waals surface area (Å²) in [5.74, 6) is -1.61. The van der Waals surface area contributed by atoms with Crippen molar-refractivity contribution in [2.24, 2.45) is 0 Å². The molecule has 2 rings (SSSR count). The van der Waals surface area contributed by atoms with Gasteiger partial charge in [-0.3, -0.25) is 0 Å². The molecule has 0 unspecified atom stereocenters. The van der Waals surface area contributed by atoms with Gasteiger partial charge in [-0.1, -0.05) is 19.9 Å². The number of aromatic nitrogens is 1. The number of nitrogens with zero attached hydrogens (tertiary/aromatic N) is 1. The Labute approximate surface area is 112 Å². The summed E-state index contributed by atoms with van der Waals surface area (Å²) in [6.45, 7) is 5.54. The summed E-state index contributed by atoms with van der Waals surface area (Å²) in [5.41, 5.74) is 1.93. The van der Waals surface area contributed by atoms with Crippen molar-refractivity contribution >= 4 is 0 Å². The molecule has 1 aromatic carbocycles. The summed E-state index contributed by atoms with van der Waals surface area (Å²) in [6, 6.07) is 6.46. The first kappa shape index (κ1) is 13.7. The highest BCUT2D eigenvalue weighted by molar-refractivity contribution is 5.19. The molecule has 0 aliphatic rings. The molecular formula is C15H18F2N2. The summed E-state index contributed by atoms with van der Waals surface area (Å²) in [5, 5.41) is 3.33. The average Bonchev–Trinajstić information content (AvgIpc) is 2.79. The van der Waals surface area contributed by atoms with Gasteiger partial charge in [0, 0.05) is 31.5 Å². The highest BCUT2D eigenvalue weighted by Gasteiger charge is 2.04. The van der Waals surface area contributed by atoms with E-state index in [4.69, 9.17) is 0 Å². The summed E-state index contributed by atoms with van der Waals surface area (Å²) in [6.07, 6.45) is 3.95. The smallest absolute Gasteiger partial charge is 0.159 e. The van der Waals surface area contributed by atoms with Gasteiger partial charge in [0.05, 0.1) is 0 Å². The van der Waals surface area contributed by atoms with E-state index in [1.165, 1.54) is 11.6 Å². The Morgan fingerprint density at radius 1 is 1.11 bits per heavy atom. The van der Waals surface area contributed by atoms with Crippen molar-refractivity contribution in [3.05, 3.63) is 59.4 Å². The third-order valence-electron chi connectivity index (χ3n) is 2.88. The van der Waals surface area contributed by atoms with E-state index in [9.17, 15) is 8.78 Å². The van der Waals surface area contributed by atoms with Crippen molar-refractivity contribution < 1.29 is 8.78 Å². The Hall–Kier alpha value is -1.68. The molecule has 0 saturated heterocycles. The lowest BCUT2D eigenvalue weighted by atomic mass is 10.2. The summed E-state index contributed by atoms with van der Waals surface area (Å²) < 4.78 is 27.9. The van der Waals surface area contributed by atoms with Crippen molar-refractivity contribution in [1.82, 2.24) is 9.88 Å². The van der Waals surface area contributed by atoms with Crippen LogP contribution in [0.1, 0.15) is 25.0 Å². The SMILES string of the molecule is CC(C)NCc1ccn(Cc2ccc(F)c(F)c2)c1. The van der Waals surface area contributed by atoms with Gasteiger partial charge in [0.15, 0.2) is 11.6 Å². The maximum atomic E-state index is 13.1. The van der Waals surface area contributed by atoms with Gasteiger partial charge in [0.1, 0.15) is 0 Å². The zero-order valence-electron chi connectivity index (χ0n) is 11.2. The molecule has 2 aromatic rings. The van der Waals surface area contributed by atoms with E-state index in [-0.39, 0.29) is 0 Å². The van der Waals surface area contributed by atoms with Gasteiger partial charge >= 0.3 is 0 Å². The second-order valence-electron chi connectivity index (χ2n) is 4.98. The van der Waals surface area contributed by atoms with E-state index in [1.54, 1.807) is 6.07 Å². The molecule has 102 valence electrons. The fourth-order valence-electron chi connectivity index (χ4n) is 1.86. The molecule has 1 N–H and O–H groups in total. The van der Waals surface area contributed by atoms with E-state index in [1.807, 2.05) is 23.0 Å². The normalized spacial score (nSPS) is 11.2. The molecule has 0 aliphatic heterocycles. The van der Waals surface area contributed by atoms with Crippen molar-refractivity contribution in [3.63, 3.8) is 0 Å². The number of nitrogens with one attached hydrogen (secondary N) is 1. The number of rotatable bonds is 5. The van der Waals surface area contributed by atoms with E-state index in [0.29, 0.717) is 12.6 Å². The Kier molecular flexibility index (Phi) is 4.32. The van der Waals surface area contributed by atoms with Gasteiger partial charge in [-0.05, 0) is 29.3 Å². The second kappa shape index (κ2) is 5.97. The minimum Gasteiger partial charge on any atom is -0.350 e. The van der Waals surface area contributed by atoms with Crippen LogP contribution in [0, 0.1) is 11.6 Å². The molecule has 0 saturated carbocycles. The van der Waals surface area contributed by atoms with Crippen LogP contribution in [-0.2, 0) is 13.1 Å². The lowest BCUT2D eigenvalue weighted by molar-refractivity contribution is 0.506. The maximum Gasteiger partial charge on any atom is 0.159 e. The predicted molar refractivity (Wildman–Crippen MR) is 71.9 cm³/mol. The van der Waals surface area contributed by atoms with Crippen LogP contribution in [0.2, 0.25) is 0 Å². The van der Waals surface area contributed by atoms with E-state index >= 15 is 0 Å². The molecule has 4 heteroatoms. The van der Waals surface area contributed by atoms with E-state index in [0.717, 1.165) is 18.2 Å². The number of hydrogen-bond acceptors (Lipinski definition) is 1. The molecule has 0 atom stereocenters. The van der Waals surface area contributed by atoms with Gasteiger partial charge in [0.25, 0.3) is 0 Å². The van der Waals surface area contributed by atoms with Crippen LogP contribution in [0.25, 0.3) is 0 Å². The van der Waals surface area contributed by atoms with Gasteiger partial charge < -0.3 is 9.88 Å². The van der Waals surface area contributed by atoms with Gasteiger partial charge in [-0.15, -0.1) is 0 Å². The zero-order valence-corrected chi connectivity index (χ0v) is 11.2. The molecule has 1 aromatic heterocycles. The summed E-state index contributed by atoms with van der Waals surface area (Å²) >= 11 is 0. The quantitative estimate of drug-likeness (QED) is 0.876. The minimum absolute atomic E-state index is 0.439. The monoisotopic (exact) mass is 264 g/mol. The molecule has 0 fully saturated rings. The number of benzene rings is 1. The van der Waals surface area contributed by atoms with E-state index < -0.39 is 11.6 Å². The highest BCUT2D eigenvalue weighted by Crippen LogP contribution is 2.11. The van der Waals surface area contributed by atoms with Gasteiger partial charge in [-0.2, -0.15) is 0 Å². The van der Waals surface area contributed by atoms with Crippen LogP contribution in [0.3, 0.4) is 0 Å². The molecule has 19 heavy (non-hydrogen) atoms. The molecule has 2 nitrogen and oxygen atoms in total. The summed E-state index contributed by atoms with van der Waals surface area (Å²) in [7, 11) is 0. The lowest BCUT2D eigenvalue weighted by Gasteiger charge is -2.06. The van der Waals surface area contributed by atoms with Crippen LogP contribution < -0.4 is 5.32 Å². The largest absolute Gasteiger partial charge is 0.350 e. The third-order valence-corrected chi connectivity index (χ3v) is 2.88. The third kappa shape index (κ3) is 3.89. The molecular weight excluding hydrogens is 246 g/mol. The van der Waals surface area contributed by atoms with Crippen LogP contribution in [-0.4, -0.2) is 10.6 Å². The topological polar surface area (TPSA) is 17.0 Å². The Morgan fingerprint density at radius 3 is 2.58 bits per heavy atom. The lowest BCUT2D eigenvalue weighted by Crippen LogP contribution is -2.21. The Balaban J connectivity index is 2.01. The minimum atomic E-state index is -0.807. The first-order valence-corrected chi connectivity index (χ1v) is 6.36. The highest BCUT2D eigenvalue weighted by atomic mass is 19.2. The van der Waals surface area contributed by atoms with Crippen molar-refractivity contribution in [2.75, 3.05) is 0 Å². The van der Waals surface area contributed by atoms with Gasteiger partial charge in [-0.25, -0.2) is 8.78 Å². The standard InChI is InChI=1S/C15H18F2N2/c1-11(2)18-8-13-5-6-19(10-13)9-12-3-4-14(16)15(17)7-12/h3-7,10-11,18H,8-9H2,1-2H3. The molecule has 0 amide bonds. The molecule has 0 spiro atoms. The first-order valence-electron chi connectivity index (χ1n) is 6.36. The summed E-state index contributed by atoms with van der Waals surface area (Å²) in [4.78, 5) is 0. The Morgan fingerprint density at radius 2 is 1.89 bits per heavy atom.